The first-order chi connectivity index (χ1) is 5.20. The van der Waals surface area contributed by atoms with Gasteiger partial charge in [-0.3, -0.25) is 0 Å². The Labute approximate surface area is 70.9 Å². The molecule has 0 amide bonds. The molecule has 0 radical (unpaired) electrons. The monoisotopic (exact) mass is 155 g/mol. The fourth-order valence-electron chi connectivity index (χ4n) is 1.05. The minimum atomic E-state index is 0.628. The summed E-state index contributed by atoms with van der Waals surface area (Å²) in [4.78, 5) is 0. The van der Waals surface area contributed by atoms with Gasteiger partial charge >= 0.3 is 0 Å². The van der Waals surface area contributed by atoms with Crippen molar-refractivity contribution in [2.45, 2.75) is 52.1 Å². The Hall–Kier alpha value is -0.300. The van der Waals surface area contributed by atoms with E-state index < -0.39 is 0 Å². The normalized spacial score (nSPS) is 15.9. The predicted octanol–water partition coefficient (Wildman–Crippen LogP) is 2.73. The molecule has 2 atom stereocenters. The lowest BCUT2D eigenvalue weighted by Gasteiger charge is -2.17. The summed E-state index contributed by atoms with van der Waals surface area (Å²) in [5, 5.41) is 3.52. The molecule has 0 aromatic carbocycles. The lowest BCUT2D eigenvalue weighted by Crippen LogP contribution is -2.33. The zero-order valence-corrected chi connectivity index (χ0v) is 8.06. The van der Waals surface area contributed by atoms with Gasteiger partial charge in [-0.15, -0.1) is 6.58 Å². The molecule has 2 unspecified atom stereocenters. The van der Waals surface area contributed by atoms with E-state index >= 15 is 0 Å². The molecule has 0 rings (SSSR count). The number of allylic oxidation sites excluding steroid dienone is 1. The highest BCUT2D eigenvalue weighted by molar-refractivity contribution is 4.72. The second-order valence-electron chi connectivity index (χ2n) is 3.24. The van der Waals surface area contributed by atoms with Crippen LogP contribution in [0.3, 0.4) is 0 Å². The Morgan fingerprint density at radius 3 is 2.45 bits per heavy atom. The molecule has 0 aromatic rings. The van der Waals surface area contributed by atoms with Crippen LogP contribution in [0, 0.1) is 0 Å². The molecule has 0 aliphatic carbocycles. The first-order valence-corrected chi connectivity index (χ1v) is 4.57. The molecular formula is C10H21N. The van der Waals surface area contributed by atoms with Gasteiger partial charge in [0.25, 0.3) is 0 Å². The zero-order chi connectivity index (χ0) is 8.69. The van der Waals surface area contributed by atoms with Crippen molar-refractivity contribution in [2.24, 2.45) is 0 Å². The summed E-state index contributed by atoms with van der Waals surface area (Å²) in [6.07, 6.45) is 5.51. The van der Waals surface area contributed by atoms with E-state index in [1.807, 2.05) is 6.08 Å². The topological polar surface area (TPSA) is 12.0 Å². The van der Waals surface area contributed by atoms with Gasteiger partial charge in [-0.25, -0.2) is 0 Å². The zero-order valence-electron chi connectivity index (χ0n) is 8.06. The average molecular weight is 155 g/mol. The molecular weight excluding hydrogens is 134 g/mol. The van der Waals surface area contributed by atoms with E-state index in [1.54, 1.807) is 0 Å². The van der Waals surface area contributed by atoms with Crippen LogP contribution in [-0.2, 0) is 0 Å². The van der Waals surface area contributed by atoms with E-state index in [4.69, 9.17) is 0 Å². The van der Waals surface area contributed by atoms with E-state index in [1.165, 1.54) is 12.8 Å². The largest absolute Gasteiger partial charge is 0.312 e. The fraction of sp³-hybridized carbons (Fsp3) is 0.800. The lowest BCUT2D eigenvalue weighted by atomic mass is 10.1. The molecule has 0 bridgehead atoms. The minimum absolute atomic E-state index is 0.628. The summed E-state index contributed by atoms with van der Waals surface area (Å²) in [5.41, 5.74) is 0. The van der Waals surface area contributed by atoms with Crippen molar-refractivity contribution in [3.63, 3.8) is 0 Å². The standard InChI is InChI=1S/C10H21N/c1-5-7-8-10(4)11-9(3)6-2/h5,9-11H,1,6-8H2,2-4H3. The molecule has 11 heavy (non-hydrogen) atoms. The average Bonchev–Trinajstić information content (AvgIpc) is 2.00. The van der Waals surface area contributed by atoms with E-state index in [2.05, 4.69) is 32.7 Å². The molecule has 0 saturated carbocycles. The van der Waals surface area contributed by atoms with Gasteiger partial charge < -0.3 is 5.32 Å². The van der Waals surface area contributed by atoms with Crippen molar-refractivity contribution in [1.82, 2.24) is 5.32 Å². The first-order valence-electron chi connectivity index (χ1n) is 4.57. The van der Waals surface area contributed by atoms with E-state index in [9.17, 15) is 0 Å². The van der Waals surface area contributed by atoms with Crippen LogP contribution in [0.4, 0.5) is 0 Å². The second kappa shape index (κ2) is 6.41. The highest BCUT2D eigenvalue weighted by Gasteiger charge is 2.03. The van der Waals surface area contributed by atoms with Gasteiger partial charge in [0.05, 0.1) is 0 Å². The van der Waals surface area contributed by atoms with E-state index in [-0.39, 0.29) is 0 Å². The molecule has 1 N–H and O–H groups in total. The van der Waals surface area contributed by atoms with Crippen LogP contribution < -0.4 is 5.32 Å². The van der Waals surface area contributed by atoms with Crippen molar-refractivity contribution in [1.29, 1.82) is 0 Å². The Kier molecular flexibility index (Phi) is 6.24. The van der Waals surface area contributed by atoms with Crippen LogP contribution in [0.2, 0.25) is 0 Å². The number of rotatable bonds is 6. The van der Waals surface area contributed by atoms with Crippen LogP contribution >= 0.6 is 0 Å². The highest BCUT2D eigenvalue weighted by atomic mass is 14.9. The third-order valence-corrected chi connectivity index (χ3v) is 1.99. The second-order valence-corrected chi connectivity index (χ2v) is 3.24. The van der Waals surface area contributed by atoms with Crippen molar-refractivity contribution < 1.29 is 0 Å². The molecule has 0 fully saturated rings. The predicted molar refractivity (Wildman–Crippen MR) is 51.8 cm³/mol. The maximum atomic E-state index is 3.70. The Morgan fingerprint density at radius 2 is 2.00 bits per heavy atom. The first kappa shape index (κ1) is 10.7. The summed E-state index contributed by atoms with van der Waals surface area (Å²) in [6.45, 7) is 10.4. The summed E-state index contributed by atoms with van der Waals surface area (Å²) in [7, 11) is 0. The van der Waals surface area contributed by atoms with Crippen molar-refractivity contribution in [2.75, 3.05) is 0 Å². The maximum absolute atomic E-state index is 3.70. The molecule has 1 heteroatoms. The number of nitrogens with one attached hydrogen (secondary N) is 1. The van der Waals surface area contributed by atoms with Crippen molar-refractivity contribution in [3.8, 4) is 0 Å². The summed E-state index contributed by atoms with van der Waals surface area (Å²) < 4.78 is 0. The molecule has 0 aromatic heterocycles. The van der Waals surface area contributed by atoms with Crippen LogP contribution in [0.1, 0.15) is 40.0 Å². The molecule has 0 spiro atoms. The van der Waals surface area contributed by atoms with Crippen LogP contribution in [0.15, 0.2) is 12.7 Å². The van der Waals surface area contributed by atoms with Crippen molar-refractivity contribution in [3.05, 3.63) is 12.7 Å². The maximum Gasteiger partial charge on any atom is 0.00441 e. The Balaban J connectivity index is 3.34. The van der Waals surface area contributed by atoms with Gasteiger partial charge in [0, 0.05) is 12.1 Å². The molecule has 66 valence electrons. The SMILES string of the molecule is C=CCCC(C)NC(C)CC. The van der Waals surface area contributed by atoms with E-state index in [0.717, 1.165) is 6.42 Å². The van der Waals surface area contributed by atoms with Crippen LogP contribution in [-0.4, -0.2) is 12.1 Å². The summed E-state index contributed by atoms with van der Waals surface area (Å²) in [6, 6.07) is 1.28. The van der Waals surface area contributed by atoms with Gasteiger partial charge in [0.15, 0.2) is 0 Å². The molecule has 0 saturated heterocycles. The van der Waals surface area contributed by atoms with Gasteiger partial charge in [-0.2, -0.15) is 0 Å². The summed E-state index contributed by atoms with van der Waals surface area (Å²) in [5.74, 6) is 0. The summed E-state index contributed by atoms with van der Waals surface area (Å²) >= 11 is 0. The van der Waals surface area contributed by atoms with Gasteiger partial charge in [-0.05, 0) is 33.1 Å². The van der Waals surface area contributed by atoms with Crippen LogP contribution in [0.25, 0.3) is 0 Å². The molecule has 0 aliphatic heterocycles. The van der Waals surface area contributed by atoms with Gasteiger partial charge in [0.2, 0.25) is 0 Å². The van der Waals surface area contributed by atoms with Crippen LogP contribution in [0.5, 0.6) is 0 Å². The number of hydrogen-bond donors (Lipinski definition) is 1. The smallest absolute Gasteiger partial charge is 0.00441 e. The Morgan fingerprint density at radius 1 is 1.36 bits per heavy atom. The molecule has 0 aliphatic rings. The quantitative estimate of drug-likeness (QED) is 0.582. The highest BCUT2D eigenvalue weighted by Crippen LogP contribution is 1.99. The van der Waals surface area contributed by atoms with Gasteiger partial charge in [0.1, 0.15) is 0 Å². The van der Waals surface area contributed by atoms with Crippen molar-refractivity contribution >= 4 is 0 Å². The third kappa shape index (κ3) is 6.11. The third-order valence-electron chi connectivity index (χ3n) is 1.99. The minimum Gasteiger partial charge on any atom is -0.312 e. The molecule has 1 nitrogen and oxygen atoms in total. The Bertz CT molecular complexity index is 99.0. The lowest BCUT2D eigenvalue weighted by molar-refractivity contribution is 0.440. The number of hydrogen-bond acceptors (Lipinski definition) is 1. The fourth-order valence-corrected chi connectivity index (χ4v) is 1.05. The molecule has 0 heterocycles. The van der Waals surface area contributed by atoms with E-state index in [0.29, 0.717) is 12.1 Å². The van der Waals surface area contributed by atoms with Gasteiger partial charge in [-0.1, -0.05) is 13.0 Å².